The first kappa shape index (κ1) is 17.9. The molecular weight excluding hydrogens is 284 g/mol. The SMILES string of the molecule is C=CCN(C(C)(C)C)S(=O)(=O)c1cccc(CNC)c1C. The summed E-state index contributed by atoms with van der Waals surface area (Å²) < 4.78 is 27.5. The molecule has 0 unspecified atom stereocenters. The lowest BCUT2D eigenvalue weighted by Crippen LogP contribution is -2.45. The van der Waals surface area contributed by atoms with Crippen molar-refractivity contribution >= 4 is 10.0 Å². The second-order valence-corrected chi connectivity index (χ2v) is 7.90. The van der Waals surface area contributed by atoms with E-state index in [1.54, 1.807) is 18.2 Å². The van der Waals surface area contributed by atoms with Gasteiger partial charge in [-0.1, -0.05) is 18.2 Å². The molecule has 0 bridgehead atoms. The van der Waals surface area contributed by atoms with Crippen molar-refractivity contribution in [3.63, 3.8) is 0 Å². The van der Waals surface area contributed by atoms with Gasteiger partial charge in [0.1, 0.15) is 0 Å². The van der Waals surface area contributed by atoms with Crippen LogP contribution in [0.3, 0.4) is 0 Å². The summed E-state index contributed by atoms with van der Waals surface area (Å²) in [5, 5.41) is 3.06. The smallest absolute Gasteiger partial charge is 0.244 e. The van der Waals surface area contributed by atoms with Gasteiger partial charge in [0.15, 0.2) is 0 Å². The van der Waals surface area contributed by atoms with Gasteiger partial charge in [0.2, 0.25) is 10.0 Å². The van der Waals surface area contributed by atoms with Gasteiger partial charge in [0, 0.05) is 18.6 Å². The van der Waals surface area contributed by atoms with E-state index in [9.17, 15) is 8.42 Å². The standard InChI is InChI=1S/C16H26N2O2S/c1-7-11-18(16(3,4)5)21(19,20)15-10-8-9-14(12-17-6)13(15)2/h7-10,17H,1,11-12H2,2-6H3. The van der Waals surface area contributed by atoms with E-state index in [-0.39, 0.29) is 0 Å². The Balaban J connectivity index is 3.42. The molecule has 118 valence electrons. The molecule has 0 saturated carbocycles. The van der Waals surface area contributed by atoms with E-state index in [4.69, 9.17) is 0 Å². The van der Waals surface area contributed by atoms with Crippen LogP contribution in [0.5, 0.6) is 0 Å². The van der Waals surface area contributed by atoms with E-state index in [1.165, 1.54) is 4.31 Å². The van der Waals surface area contributed by atoms with Crippen LogP contribution < -0.4 is 5.32 Å². The molecule has 0 saturated heterocycles. The second kappa shape index (κ2) is 6.73. The summed E-state index contributed by atoms with van der Waals surface area (Å²) in [6, 6.07) is 5.41. The quantitative estimate of drug-likeness (QED) is 0.822. The number of nitrogens with one attached hydrogen (secondary N) is 1. The second-order valence-electron chi connectivity index (χ2n) is 6.07. The van der Waals surface area contributed by atoms with E-state index in [1.807, 2.05) is 40.8 Å². The first-order valence-corrected chi connectivity index (χ1v) is 8.47. The van der Waals surface area contributed by atoms with Crippen LogP contribution in [0.4, 0.5) is 0 Å². The highest BCUT2D eigenvalue weighted by Crippen LogP contribution is 2.27. The lowest BCUT2D eigenvalue weighted by molar-refractivity contribution is 0.269. The fourth-order valence-corrected chi connectivity index (χ4v) is 4.32. The first-order chi connectivity index (χ1) is 9.66. The van der Waals surface area contributed by atoms with Gasteiger partial charge >= 0.3 is 0 Å². The monoisotopic (exact) mass is 310 g/mol. The van der Waals surface area contributed by atoms with Gasteiger partial charge in [-0.15, -0.1) is 6.58 Å². The topological polar surface area (TPSA) is 49.4 Å². The molecule has 0 spiro atoms. The molecule has 0 aromatic heterocycles. The summed E-state index contributed by atoms with van der Waals surface area (Å²) in [5.41, 5.74) is 1.29. The molecule has 0 radical (unpaired) electrons. The number of nitrogens with zero attached hydrogens (tertiary/aromatic N) is 1. The van der Waals surface area contributed by atoms with E-state index in [0.29, 0.717) is 18.0 Å². The molecular formula is C16H26N2O2S. The van der Waals surface area contributed by atoms with Crippen LogP contribution >= 0.6 is 0 Å². The van der Waals surface area contributed by atoms with Crippen molar-refractivity contribution in [2.45, 2.75) is 44.7 Å². The molecule has 21 heavy (non-hydrogen) atoms. The molecule has 0 aliphatic heterocycles. The molecule has 0 aliphatic carbocycles. The molecule has 0 heterocycles. The van der Waals surface area contributed by atoms with Crippen LogP contribution in [-0.4, -0.2) is 31.9 Å². The zero-order valence-corrected chi connectivity index (χ0v) is 14.4. The fraction of sp³-hybridized carbons (Fsp3) is 0.500. The van der Waals surface area contributed by atoms with Crippen molar-refractivity contribution < 1.29 is 8.42 Å². The maximum atomic E-state index is 13.0. The van der Waals surface area contributed by atoms with Crippen molar-refractivity contribution in [1.29, 1.82) is 0 Å². The van der Waals surface area contributed by atoms with Crippen LogP contribution in [0.15, 0.2) is 35.7 Å². The van der Waals surface area contributed by atoms with Gasteiger partial charge < -0.3 is 5.32 Å². The molecule has 4 nitrogen and oxygen atoms in total. The Morgan fingerprint density at radius 1 is 1.33 bits per heavy atom. The minimum atomic E-state index is -3.56. The molecule has 1 N–H and O–H groups in total. The van der Waals surface area contributed by atoms with Gasteiger partial charge in [-0.05, 0) is 51.9 Å². The number of benzene rings is 1. The number of hydrogen-bond donors (Lipinski definition) is 1. The van der Waals surface area contributed by atoms with Gasteiger partial charge in [0.25, 0.3) is 0 Å². The number of sulfonamides is 1. The molecule has 0 atom stereocenters. The molecule has 5 heteroatoms. The van der Waals surface area contributed by atoms with E-state index < -0.39 is 15.6 Å². The summed E-state index contributed by atoms with van der Waals surface area (Å²) in [6.07, 6.45) is 1.62. The van der Waals surface area contributed by atoms with Crippen molar-refractivity contribution in [2.24, 2.45) is 0 Å². The largest absolute Gasteiger partial charge is 0.316 e. The Kier molecular flexibility index (Phi) is 5.73. The molecule has 0 amide bonds. The highest BCUT2D eigenvalue weighted by molar-refractivity contribution is 7.89. The van der Waals surface area contributed by atoms with Gasteiger partial charge in [-0.25, -0.2) is 8.42 Å². The maximum Gasteiger partial charge on any atom is 0.244 e. The van der Waals surface area contributed by atoms with E-state index >= 15 is 0 Å². The summed E-state index contributed by atoms with van der Waals surface area (Å²) in [5.74, 6) is 0. The normalized spacial score (nSPS) is 12.7. The van der Waals surface area contributed by atoms with Crippen molar-refractivity contribution in [1.82, 2.24) is 9.62 Å². The predicted octanol–water partition coefficient (Wildman–Crippen LogP) is 2.69. The molecule has 0 fully saturated rings. The third-order valence-corrected chi connectivity index (χ3v) is 5.65. The van der Waals surface area contributed by atoms with Gasteiger partial charge in [-0.2, -0.15) is 4.31 Å². The third-order valence-electron chi connectivity index (χ3n) is 3.37. The summed E-state index contributed by atoms with van der Waals surface area (Å²) >= 11 is 0. The molecule has 0 aliphatic rings. The average molecular weight is 310 g/mol. The Morgan fingerprint density at radius 2 is 1.95 bits per heavy atom. The number of rotatable bonds is 6. The predicted molar refractivity (Wildman–Crippen MR) is 87.8 cm³/mol. The van der Waals surface area contributed by atoms with Crippen molar-refractivity contribution in [3.8, 4) is 0 Å². The van der Waals surface area contributed by atoms with E-state index in [0.717, 1.165) is 11.1 Å². The summed E-state index contributed by atoms with van der Waals surface area (Å²) in [6.45, 7) is 12.1. The van der Waals surface area contributed by atoms with Crippen LogP contribution in [0.1, 0.15) is 31.9 Å². The van der Waals surface area contributed by atoms with Crippen LogP contribution in [0.25, 0.3) is 0 Å². The first-order valence-electron chi connectivity index (χ1n) is 7.03. The number of hydrogen-bond acceptors (Lipinski definition) is 3. The third kappa shape index (κ3) is 3.93. The van der Waals surface area contributed by atoms with Gasteiger partial charge in [-0.3, -0.25) is 0 Å². The minimum absolute atomic E-state index is 0.293. The summed E-state index contributed by atoms with van der Waals surface area (Å²) in [4.78, 5) is 0.368. The van der Waals surface area contributed by atoms with Crippen LogP contribution in [-0.2, 0) is 16.6 Å². The molecule has 1 aromatic carbocycles. The highest BCUT2D eigenvalue weighted by Gasteiger charge is 2.34. The van der Waals surface area contributed by atoms with E-state index in [2.05, 4.69) is 11.9 Å². The average Bonchev–Trinajstić information content (AvgIpc) is 2.37. The maximum absolute atomic E-state index is 13.0. The molecule has 1 rings (SSSR count). The van der Waals surface area contributed by atoms with Crippen LogP contribution in [0.2, 0.25) is 0 Å². The zero-order chi connectivity index (χ0) is 16.3. The lowest BCUT2D eigenvalue weighted by Gasteiger charge is -2.34. The fourth-order valence-electron chi connectivity index (χ4n) is 2.29. The van der Waals surface area contributed by atoms with Crippen molar-refractivity contribution in [3.05, 3.63) is 42.0 Å². The highest BCUT2D eigenvalue weighted by atomic mass is 32.2. The summed E-state index contributed by atoms with van der Waals surface area (Å²) in [7, 11) is -1.71. The lowest BCUT2D eigenvalue weighted by atomic mass is 10.1. The van der Waals surface area contributed by atoms with Crippen molar-refractivity contribution in [2.75, 3.05) is 13.6 Å². The Bertz CT molecular complexity index is 601. The Morgan fingerprint density at radius 3 is 2.43 bits per heavy atom. The zero-order valence-electron chi connectivity index (χ0n) is 13.6. The molecule has 1 aromatic rings. The minimum Gasteiger partial charge on any atom is -0.316 e. The Hall–Kier alpha value is -1.17. The van der Waals surface area contributed by atoms with Crippen LogP contribution in [0, 0.1) is 6.92 Å². The Labute approximate surface area is 128 Å². The van der Waals surface area contributed by atoms with Gasteiger partial charge in [0.05, 0.1) is 4.90 Å².